The number of pyridine rings is 1. The number of rotatable bonds is 1. The van der Waals surface area contributed by atoms with E-state index >= 15 is 0 Å². The molecule has 0 aliphatic rings. The number of ether oxygens (including phenoxy) is 1. The summed E-state index contributed by atoms with van der Waals surface area (Å²) in [4.78, 5) is 15.6. The fourth-order valence-electron chi connectivity index (χ4n) is 2.30. The molecule has 3 aromatic rings. The first-order valence-electron chi connectivity index (χ1n) is 5.93. The number of hydrogen-bond acceptors (Lipinski definition) is 3. The number of phenols is 1. The summed E-state index contributed by atoms with van der Waals surface area (Å²) in [6.07, 6.45) is 0. The highest BCUT2D eigenvalue weighted by Crippen LogP contribution is 2.26. The molecule has 0 aliphatic heterocycles. The Balaban J connectivity index is 2.53. The highest BCUT2D eigenvalue weighted by Gasteiger charge is 2.10. The fourth-order valence-corrected chi connectivity index (χ4v) is 2.30. The third-order valence-electron chi connectivity index (χ3n) is 3.24. The van der Waals surface area contributed by atoms with Crippen molar-refractivity contribution in [2.45, 2.75) is 6.92 Å². The van der Waals surface area contributed by atoms with Crippen LogP contribution in [0.2, 0.25) is 0 Å². The van der Waals surface area contributed by atoms with Crippen LogP contribution < -0.4 is 10.2 Å². The minimum absolute atomic E-state index is 0.0878. The molecule has 0 fully saturated rings. The van der Waals surface area contributed by atoms with Gasteiger partial charge in [0.05, 0.1) is 23.5 Å². The van der Waals surface area contributed by atoms with E-state index in [0.717, 1.165) is 5.56 Å². The van der Waals surface area contributed by atoms with E-state index in [4.69, 9.17) is 4.74 Å². The molecule has 0 radical (unpaired) electrons. The van der Waals surface area contributed by atoms with Crippen LogP contribution in [-0.2, 0) is 0 Å². The fraction of sp³-hybridized carbons (Fsp3) is 0.133. The Morgan fingerprint density at radius 3 is 2.68 bits per heavy atom. The molecule has 3 rings (SSSR count). The lowest BCUT2D eigenvalue weighted by atomic mass is 10.1. The lowest BCUT2D eigenvalue weighted by Crippen LogP contribution is -2.04. The second-order valence-corrected chi connectivity index (χ2v) is 4.57. The Labute approximate surface area is 109 Å². The van der Waals surface area contributed by atoms with E-state index in [0.29, 0.717) is 27.6 Å². The van der Waals surface area contributed by atoms with Gasteiger partial charge in [0, 0.05) is 5.39 Å². The number of benzene rings is 2. The molecule has 0 saturated heterocycles. The normalized spacial score (nSPS) is 11.1. The van der Waals surface area contributed by atoms with Gasteiger partial charge in [-0.2, -0.15) is 0 Å². The summed E-state index contributed by atoms with van der Waals surface area (Å²) in [5, 5.41) is 11.0. The van der Waals surface area contributed by atoms with Gasteiger partial charge in [0.25, 0.3) is 0 Å². The predicted octanol–water partition coefficient (Wildman–Crippen LogP) is 2.70. The molecule has 2 aromatic carbocycles. The summed E-state index contributed by atoms with van der Waals surface area (Å²) in [6, 6.07) is 8.65. The monoisotopic (exact) mass is 255 g/mol. The lowest BCUT2D eigenvalue weighted by molar-refractivity contribution is 0.415. The van der Waals surface area contributed by atoms with Crippen LogP contribution in [0.4, 0.5) is 0 Å². The molecule has 0 amide bonds. The maximum Gasteiger partial charge on any atom is 0.197 e. The SMILES string of the molecule is COc1ccc2[nH]c3c(O)cc(C)cc3c(=O)c2c1. The van der Waals surface area contributed by atoms with Crippen LogP contribution in [0.15, 0.2) is 35.1 Å². The smallest absolute Gasteiger partial charge is 0.197 e. The number of aromatic hydroxyl groups is 1. The summed E-state index contributed by atoms with van der Waals surface area (Å²) >= 11 is 0. The molecule has 0 unspecified atom stereocenters. The van der Waals surface area contributed by atoms with Gasteiger partial charge in [-0.05, 0) is 42.8 Å². The average Bonchev–Trinajstić information content (AvgIpc) is 2.40. The van der Waals surface area contributed by atoms with Crippen LogP contribution >= 0.6 is 0 Å². The van der Waals surface area contributed by atoms with E-state index in [-0.39, 0.29) is 11.2 Å². The molecule has 4 heteroatoms. The summed E-state index contributed by atoms with van der Waals surface area (Å²) in [7, 11) is 1.56. The van der Waals surface area contributed by atoms with Gasteiger partial charge in [0.1, 0.15) is 11.5 Å². The number of phenolic OH excluding ortho intramolecular Hbond substituents is 1. The van der Waals surface area contributed by atoms with Crippen molar-refractivity contribution in [3.63, 3.8) is 0 Å². The average molecular weight is 255 g/mol. The van der Waals surface area contributed by atoms with Crippen molar-refractivity contribution in [1.29, 1.82) is 0 Å². The van der Waals surface area contributed by atoms with Crippen LogP contribution in [-0.4, -0.2) is 17.2 Å². The van der Waals surface area contributed by atoms with Crippen molar-refractivity contribution >= 4 is 21.8 Å². The number of hydrogen-bond donors (Lipinski definition) is 2. The van der Waals surface area contributed by atoms with Gasteiger partial charge < -0.3 is 14.8 Å². The second kappa shape index (κ2) is 4.02. The molecule has 2 N–H and O–H groups in total. The molecule has 19 heavy (non-hydrogen) atoms. The lowest BCUT2D eigenvalue weighted by Gasteiger charge is -2.07. The third kappa shape index (κ3) is 1.73. The third-order valence-corrected chi connectivity index (χ3v) is 3.24. The number of aryl methyl sites for hydroxylation is 1. The van der Waals surface area contributed by atoms with Crippen LogP contribution in [0.3, 0.4) is 0 Å². The standard InChI is InChI=1S/C15H13NO3/c1-8-5-11-14(13(17)6-8)16-12-4-3-9(19-2)7-10(12)15(11)18/h3-7,17H,1-2H3,(H,16,18). The first-order chi connectivity index (χ1) is 9.10. The van der Waals surface area contributed by atoms with E-state index in [2.05, 4.69) is 4.98 Å². The number of methoxy groups -OCH3 is 1. The summed E-state index contributed by atoms with van der Waals surface area (Å²) in [5.41, 5.74) is 1.88. The highest BCUT2D eigenvalue weighted by molar-refractivity contribution is 5.95. The van der Waals surface area contributed by atoms with Crippen LogP contribution in [0.5, 0.6) is 11.5 Å². The minimum atomic E-state index is -0.110. The molecule has 0 bridgehead atoms. The minimum Gasteiger partial charge on any atom is -0.506 e. The van der Waals surface area contributed by atoms with Gasteiger partial charge in [-0.15, -0.1) is 0 Å². The van der Waals surface area contributed by atoms with Gasteiger partial charge in [-0.3, -0.25) is 4.79 Å². The number of nitrogens with one attached hydrogen (secondary N) is 1. The molecule has 4 nitrogen and oxygen atoms in total. The Morgan fingerprint density at radius 1 is 1.16 bits per heavy atom. The Bertz CT molecular complexity index is 849. The molecule has 0 saturated carbocycles. The van der Waals surface area contributed by atoms with E-state index in [1.54, 1.807) is 37.4 Å². The Morgan fingerprint density at radius 2 is 1.95 bits per heavy atom. The number of fused-ring (bicyclic) bond motifs is 2. The van der Waals surface area contributed by atoms with E-state index in [9.17, 15) is 9.90 Å². The number of aromatic amines is 1. The predicted molar refractivity (Wildman–Crippen MR) is 75.0 cm³/mol. The Kier molecular flexibility index (Phi) is 2.45. The van der Waals surface area contributed by atoms with Gasteiger partial charge in [-0.25, -0.2) is 0 Å². The summed E-state index contributed by atoms with van der Waals surface area (Å²) < 4.78 is 5.13. The van der Waals surface area contributed by atoms with E-state index in [1.807, 2.05) is 6.92 Å². The summed E-state index contributed by atoms with van der Waals surface area (Å²) in [6.45, 7) is 1.84. The largest absolute Gasteiger partial charge is 0.506 e. The maximum atomic E-state index is 12.5. The van der Waals surface area contributed by atoms with Crippen molar-refractivity contribution < 1.29 is 9.84 Å². The molecule has 96 valence electrons. The second-order valence-electron chi connectivity index (χ2n) is 4.57. The summed E-state index contributed by atoms with van der Waals surface area (Å²) in [5.74, 6) is 0.721. The quantitative estimate of drug-likeness (QED) is 0.657. The molecule has 1 heterocycles. The van der Waals surface area contributed by atoms with Gasteiger partial charge in [0.15, 0.2) is 5.43 Å². The molecule has 0 aliphatic carbocycles. The van der Waals surface area contributed by atoms with Crippen LogP contribution in [0.25, 0.3) is 21.8 Å². The number of H-pyrrole nitrogens is 1. The Hall–Kier alpha value is -2.49. The van der Waals surface area contributed by atoms with Crippen molar-refractivity contribution in [2.24, 2.45) is 0 Å². The maximum absolute atomic E-state index is 12.5. The molecule has 0 spiro atoms. The molecular formula is C15H13NO3. The van der Waals surface area contributed by atoms with Gasteiger partial charge in [0.2, 0.25) is 0 Å². The van der Waals surface area contributed by atoms with Crippen molar-refractivity contribution in [3.05, 3.63) is 46.1 Å². The molecule has 1 aromatic heterocycles. The topological polar surface area (TPSA) is 62.3 Å². The highest BCUT2D eigenvalue weighted by atomic mass is 16.5. The van der Waals surface area contributed by atoms with Gasteiger partial charge >= 0.3 is 0 Å². The van der Waals surface area contributed by atoms with Gasteiger partial charge in [-0.1, -0.05) is 0 Å². The molecule has 0 atom stereocenters. The first-order valence-corrected chi connectivity index (χ1v) is 5.93. The van der Waals surface area contributed by atoms with Crippen molar-refractivity contribution in [1.82, 2.24) is 4.98 Å². The van der Waals surface area contributed by atoms with Crippen LogP contribution in [0, 0.1) is 6.92 Å². The van der Waals surface area contributed by atoms with E-state index < -0.39 is 0 Å². The van der Waals surface area contributed by atoms with Crippen molar-refractivity contribution in [3.8, 4) is 11.5 Å². The zero-order valence-corrected chi connectivity index (χ0v) is 10.7. The zero-order valence-electron chi connectivity index (χ0n) is 10.7. The number of aromatic nitrogens is 1. The van der Waals surface area contributed by atoms with E-state index in [1.165, 1.54) is 0 Å². The molecular weight excluding hydrogens is 242 g/mol. The van der Waals surface area contributed by atoms with Crippen LogP contribution in [0.1, 0.15) is 5.56 Å². The zero-order chi connectivity index (χ0) is 13.6. The first kappa shape index (κ1) is 11.6. The van der Waals surface area contributed by atoms with Crippen molar-refractivity contribution in [2.75, 3.05) is 7.11 Å².